The van der Waals surface area contributed by atoms with Gasteiger partial charge in [-0.2, -0.15) is 0 Å². The summed E-state index contributed by atoms with van der Waals surface area (Å²) in [6, 6.07) is 1.67. The average molecular weight is 221 g/mol. The molecule has 1 heterocycles. The van der Waals surface area contributed by atoms with Crippen LogP contribution in [0, 0.1) is 0 Å². The number of hydrogen-bond donors (Lipinski definition) is 2. The molecule has 4 nitrogen and oxygen atoms in total. The third kappa shape index (κ3) is 2.30. The highest BCUT2D eigenvalue weighted by atomic mass is 35.5. The Balaban J connectivity index is 3.12. The zero-order valence-electron chi connectivity index (χ0n) is 6.37. The van der Waals surface area contributed by atoms with E-state index in [0.29, 0.717) is 0 Å². The van der Waals surface area contributed by atoms with Crippen molar-refractivity contribution in [3.05, 3.63) is 28.0 Å². The van der Waals surface area contributed by atoms with Crippen molar-refractivity contribution in [2.75, 3.05) is 0 Å². The van der Waals surface area contributed by atoms with Crippen LogP contribution >= 0.6 is 23.2 Å². The van der Waals surface area contributed by atoms with Crippen molar-refractivity contribution in [1.29, 1.82) is 0 Å². The number of carboxylic acid groups (broad SMARTS) is 1. The fourth-order valence-electron chi connectivity index (χ4n) is 0.768. The monoisotopic (exact) mass is 220 g/mol. The van der Waals surface area contributed by atoms with Crippen LogP contribution in [0.2, 0.25) is 10.2 Å². The number of hydrogen-bond acceptors (Lipinski definition) is 3. The van der Waals surface area contributed by atoms with Gasteiger partial charge in [-0.15, -0.1) is 0 Å². The van der Waals surface area contributed by atoms with Gasteiger partial charge in [0.15, 0.2) is 0 Å². The van der Waals surface area contributed by atoms with Gasteiger partial charge < -0.3 is 10.8 Å². The molecule has 0 unspecified atom stereocenters. The summed E-state index contributed by atoms with van der Waals surface area (Å²) < 4.78 is 0. The van der Waals surface area contributed by atoms with Crippen LogP contribution in [0.3, 0.4) is 0 Å². The van der Waals surface area contributed by atoms with E-state index in [-0.39, 0.29) is 15.9 Å². The van der Waals surface area contributed by atoms with E-state index in [4.69, 9.17) is 34.0 Å². The molecular weight excluding hydrogens is 215 g/mol. The van der Waals surface area contributed by atoms with Crippen LogP contribution in [-0.4, -0.2) is 16.1 Å². The van der Waals surface area contributed by atoms with E-state index in [9.17, 15) is 4.79 Å². The lowest BCUT2D eigenvalue weighted by Crippen LogP contribution is -2.22. The van der Waals surface area contributed by atoms with Gasteiger partial charge in [-0.05, 0) is 12.1 Å². The van der Waals surface area contributed by atoms with Crippen molar-refractivity contribution < 1.29 is 9.90 Å². The number of rotatable bonds is 2. The Hall–Kier alpha value is -0.840. The summed E-state index contributed by atoms with van der Waals surface area (Å²) >= 11 is 11.2. The second-order valence-corrected chi connectivity index (χ2v) is 3.11. The molecule has 0 aliphatic carbocycles. The third-order valence-electron chi connectivity index (χ3n) is 1.40. The predicted octanol–water partition coefficient (Wildman–Crippen LogP) is 1.47. The molecule has 0 aromatic carbocycles. The molecule has 6 heteroatoms. The predicted molar refractivity (Wildman–Crippen MR) is 48.8 cm³/mol. The van der Waals surface area contributed by atoms with Gasteiger partial charge in [0.05, 0.1) is 10.7 Å². The fourth-order valence-corrected chi connectivity index (χ4v) is 1.14. The van der Waals surface area contributed by atoms with E-state index in [2.05, 4.69) is 4.98 Å². The van der Waals surface area contributed by atoms with Crippen LogP contribution in [0.5, 0.6) is 0 Å². The molecule has 0 bridgehead atoms. The lowest BCUT2D eigenvalue weighted by atomic mass is 10.2. The van der Waals surface area contributed by atoms with Crippen molar-refractivity contribution in [3.63, 3.8) is 0 Å². The van der Waals surface area contributed by atoms with Crippen LogP contribution < -0.4 is 5.73 Å². The Morgan fingerprint density at radius 1 is 1.54 bits per heavy atom. The zero-order valence-corrected chi connectivity index (χ0v) is 7.88. The molecule has 3 N–H and O–H groups in total. The topological polar surface area (TPSA) is 76.2 Å². The van der Waals surface area contributed by atoms with Gasteiger partial charge in [0.2, 0.25) is 0 Å². The lowest BCUT2D eigenvalue weighted by Gasteiger charge is -2.07. The van der Waals surface area contributed by atoms with Crippen molar-refractivity contribution >= 4 is 29.2 Å². The van der Waals surface area contributed by atoms with Gasteiger partial charge >= 0.3 is 5.97 Å². The standard InChI is InChI=1S/C7H6Cl2N2O2/c8-3-1-2-4(9)11-6(3)5(10)7(12)13/h1-2,5H,10H2,(H,12,13)/t5-/m1/s1. The molecule has 0 aliphatic rings. The molecule has 0 fully saturated rings. The first-order valence-electron chi connectivity index (χ1n) is 3.32. The molecule has 0 radical (unpaired) electrons. The van der Waals surface area contributed by atoms with E-state index < -0.39 is 12.0 Å². The van der Waals surface area contributed by atoms with Crippen LogP contribution in [0.4, 0.5) is 0 Å². The number of pyridine rings is 1. The van der Waals surface area contributed by atoms with Crippen LogP contribution in [0.15, 0.2) is 12.1 Å². The Morgan fingerprint density at radius 2 is 2.15 bits per heavy atom. The fraction of sp³-hybridized carbons (Fsp3) is 0.143. The average Bonchev–Trinajstić information content (AvgIpc) is 2.08. The van der Waals surface area contributed by atoms with Crippen LogP contribution in [0.1, 0.15) is 11.7 Å². The molecule has 13 heavy (non-hydrogen) atoms. The summed E-state index contributed by atoms with van der Waals surface area (Å²) in [5, 5.41) is 8.94. The molecule has 0 saturated carbocycles. The maximum Gasteiger partial charge on any atom is 0.326 e. The summed E-state index contributed by atoms with van der Waals surface area (Å²) in [6.07, 6.45) is 0. The van der Waals surface area contributed by atoms with E-state index in [0.717, 1.165) is 0 Å². The maximum absolute atomic E-state index is 10.5. The molecule has 1 aromatic heterocycles. The van der Waals surface area contributed by atoms with Crippen molar-refractivity contribution in [2.24, 2.45) is 5.73 Å². The van der Waals surface area contributed by atoms with Crippen molar-refractivity contribution in [2.45, 2.75) is 6.04 Å². The molecule has 0 aliphatic heterocycles. The largest absolute Gasteiger partial charge is 0.480 e. The number of nitrogens with zero attached hydrogens (tertiary/aromatic N) is 1. The second-order valence-electron chi connectivity index (χ2n) is 2.32. The van der Waals surface area contributed by atoms with Gasteiger partial charge in [0.25, 0.3) is 0 Å². The zero-order chi connectivity index (χ0) is 10.0. The SMILES string of the molecule is N[C@@H](C(=O)O)c1nc(Cl)ccc1Cl. The molecule has 0 spiro atoms. The Morgan fingerprint density at radius 3 is 2.69 bits per heavy atom. The number of carbonyl (C=O) groups is 1. The summed E-state index contributed by atoms with van der Waals surface area (Å²) in [4.78, 5) is 14.2. The molecule has 1 atom stereocenters. The van der Waals surface area contributed by atoms with E-state index >= 15 is 0 Å². The summed E-state index contributed by atoms with van der Waals surface area (Å²) in [5.74, 6) is -1.20. The number of halogens is 2. The normalized spacial score (nSPS) is 12.5. The number of nitrogens with two attached hydrogens (primary N) is 1. The first-order valence-corrected chi connectivity index (χ1v) is 4.08. The van der Waals surface area contributed by atoms with E-state index in [1.165, 1.54) is 12.1 Å². The minimum atomic E-state index is -1.24. The molecule has 0 saturated heterocycles. The highest BCUT2D eigenvalue weighted by Crippen LogP contribution is 2.21. The minimum Gasteiger partial charge on any atom is -0.480 e. The molecular formula is C7H6Cl2N2O2. The Kier molecular flexibility index (Phi) is 3.08. The Bertz CT molecular complexity index is 343. The first-order chi connectivity index (χ1) is 6.02. The molecule has 0 amide bonds. The van der Waals surface area contributed by atoms with Crippen LogP contribution in [-0.2, 0) is 4.79 Å². The first kappa shape index (κ1) is 10.2. The summed E-state index contributed by atoms with van der Waals surface area (Å²) in [7, 11) is 0. The highest BCUT2D eigenvalue weighted by Gasteiger charge is 2.19. The van der Waals surface area contributed by atoms with Gasteiger partial charge in [-0.25, -0.2) is 4.98 Å². The van der Waals surface area contributed by atoms with Crippen molar-refractivity contribution in [1.82, 2.24) is 4.98 Å². The van der Waals surface area contributed by atoms with Gasteiger partial charge in [0, 0.05) is 0 Å². The van der Waals surface area contributed by atoms with Gasteiger partial charge in [-0.1, -0.05) is 23.2 Å². The molecule has 1 rings (SSSR count). The van der Waals surface area contributed by atoms with E-state index in [1.807, 2.05) is 0 Å². The van der Waals surface area contributed by atoms with Gasteiger partial charge in [-0.3, -0.25) is 4.79 Å². The minimum absolute atomic E-state index is 0.0710. The second kappa shape index (κ2) is 3.91. The van der Waals surface area contributed by atoms with Gasteiger partial charge in [0.1, 0.15) is 11.2 Å². The molecule has 1 aromatic rings. The number of aromatic nitrogens is 1. The smallest absolute Gasteiger partial charge is 0.326 e. The highest BCUT2D eigenvalue weighted by molar-refractivity contribution is 6.32. The number of aliphatic carboxylic acids is 1. The van der Waals surface area contributed by atoms with Crippen LogP contribution in [0.25, 0.3) is 0 Å². The van der Waals surface area contributed by atoms with E-state index in [1.54, 1.807) is 0 Å². The quantitative estimate of drug-likeness (QED) is 0.741. The summed E-state index contributed by atoms with van der Waals surface area (Å²) in [6.45, 7) is 0. The lowest BCUT2D eigenvalue weighted by molar-refractivity contribution is -0.138. The number of carboxylic acids is 1. The molecule has 70 valence electrons. The summed E-state index contributed by atoms with van der Waals surface area (Å²) in [5.41, 5.74) is 5.37. The third-order valence-corrected chi connectivity index (χ3v) is 1.93. The Labute approximate surface area is 84.3 Å². The van der Waals surface area contributed by atoms with Crippen molar-refractivity contribution in [3.8, 4) is 0 Å². The maximum atomic E-state index is 10.5.